The zero-order valence-corrected chi connectivity index (χ0v) is 12.7. The number of nitrogens with one attached hydrogen (secondary N) is 1. The summed E-state index contributed by atoms with van der Waals surface area (Å²) in [6.07, 6.45) is 4.72. The van der Waals surface area contributed by atoms with Crippen LogP contribution in [0.1, 0.15) is 35.4 Å². The molecule has 21 heavy (non-hydrogen) atoms. The van der Waals surface area contributed by atoms with Gasteiger partial charge in [0.2, 0.25) is 0 Å². The largest absolute Gasteiger partial charge is 0.311 e. The average Bonchev–Trinajstić information content (AvgIpc) is 2.90. The summed E-state index contributed by atoms with van der Waals surface area (Å²) in [5.74, 6) is 1.24. The molecule has 1 aliphatic rings. The van der Waals surface area contributed by atoms with Crippen LogP contribution in [0.15, 0.2) is 24.5 Å². The molecule has 1 aliphatic heterocycles. The van der Waals surface area contributed by atoms with Gasteiger partial charge < -0.3 is 9.88 Å². The molecule has 2 atom stereocenters. The molecule has 1 N–H and O–H groups in total. The Kier molecular flexibility index (Phi) is 3.50. The minimum Gasteiger partial charge on any atom is -0.311 e. The SMILES string of the molecule is CC(c1nnc2n1CCNC2c1cccnc1)S(C)(=O)=O. The number of pyridine rings is 1. The highest BCUT2D eigenvalue weighted by Crippen LogP contribution is 2.27. The molecule has 0 fully saturated rings. The summed E-state index contributed by atoms with van der Waals surface area (Å²) in [4.78, 5) is 4.12. The van der Waals surface area contributed by atoms with Crippen molar-refractivity contribution in [1.82, 2.24) is 25.1 Å². The van der Waals surface area contributed by atoms with Crippen molar-refractivity contribution in [1.29, 1.82) is 0 Å². The van der Waals surface area contributed by atoms with E-state index in [1.165, 1.54) is 6.26 Å². The zero-order chi connectivity index (χ0) is 15.0. The molecule has 0 amide bonds. The van der Waals surface area contributed by atoms with Gasteiger partial charge in [-0.2, -0.15) is 0 Å². The van der Waals surface area contributed by atoms with Crippen molar-refractivity contribution in [2.75, 3.05) is 12.8 Å². The summed E-state index contributed by atoms with van der Waals surface area (Å²) in [5.41, 5.74) is 0.990. The van der Waals surface area contributed by atoms with Gasteiger partial charge in [-0.3, -0.25) is 4.98 Å². The van der Waals surface area contributed by atoms with E-state index in [9.17, 15) is 8.42 Å². The number of hydrogen-bond donors (Lipinski definition) is 1. The average molecular weight is 307 g/mol. The smallest absolute Gasteiger partial charge is 0.157 e. The molecule has 0 radical (unpaired) electrons. The van der Waals surface area contributed by atoms with Crippen molar-refractivity contribution >= 4 is 9.84 Å². The Morgan fingerprint density at radius 2 is 2.24 bits per heavy atom. The molecular formula is C13H17N5O2S. The maximum absolute atomic E-state index is 11.8. The Labute approximate surface area is 123 Å². The predicted octanol–water partition coefficient (Wildman–Crippen LogP) is 0.471. The van der Waals surface area contributed by atoms with Gasteiger partial charge in [-0.25, -0.2) is 8.42 Å². The Bertz CT molecular complexity index is 741. The van der Waals surface area contributed by atoms with Crippen LogP contribution in [0.2, 0.25) is 0 Å². The summed E-state index contributed by atoms with van der Waals surface area (Å²) >= 11 is 0. The van der Waals surface area contributed by atoms with Gasteiger partial charge >= 0.3 is 0 Å². The van der Waals surface area contributed by atoms with E-state index in [4.69, 9.17) is 0 Å². The fraction of sp³-hybridized carbons (Fsp3) is 0.462. The van der Waals surface area contributed by atoms with Crippen LogP contribution in [0.5, 0.6) is 0 Å². The van der Waals surface area contributed by atoms with Gasteiger partial charge in [-0.15, -0.1) is 10.2 Å². The molecule has 0 saturated carbocycles. The van der Waals surface area contributed by atoms with Gasteiger partial charge in [-0.1, -0.05) is 6.07 Å². The maximum Gasteiger partial charge on any atom is 0.157 e. The van der Waals surface area contributed by atoms with E-state index in [1.54, 1.807) is 19.3 Å². The fourth-order valence-corrected chi connectivity index (χ4v) is 3.05. The highest BCUT2D eigenvalue weighted by atomic mass is 32.2. The third-order valence-corrected chi connectivity index (χ3v) is 5.27. The van der Waals surface area contributed by atoms with Crippen LogP contribution < -0.4 is 5.32 Å². The first-order valence-corrected chi connectivity index (χ1v) is 8.69. The molecule has 2 aromatic heterocycles. The highest BCUT2D eigenvalue weighted by Gasteiger charge is 2.30. The van der Waals surface area contributed by atoms with Gasteiger partial charge in [0.05, 0.1) is 6.04 Å². The first-order valence-electron chi connectivity index (χ1n) is 6.73. The maximum atomic E-state index is 11.8. The standard InChI is InChI=1S/C13H17N5O2S/c1-9(21(2,19)20)12-16-17-13-11(15-6-7-18(12)13)10-4-3-5-14-8-10/h3-5,8-9,11,15H,6-7H2,1-2H3. The molecule has 0 spiro atoms. The van der Waals surface area contributed by atoms with Gasteiger partial charge in [0.15, 0.2) is 21.5 Å². The number of rotatable bonds is 3. The fourth-order valence-electron chi connectivity index (χ4n) is 2.49. The summed E-state index contributed by atoms with van der Waals surface area (Å²) in [5, 5.41) is 11.0. The molecule has 0 bridgehead atoms. The zero-order valence-electron chi connectivity index (χ0n) is 11.9. The Morgan fingerprint density at radius 3 is 2.90 bits per heavy atom. The Balaban J connectivity index is 2.04. The second kappa shape index (κ2) is 5.19. The molecule has 7 nitrogen and oxygen atoms in total. The van der Waals surface area contributed by atoms with Crippen molar-refractivity contribution in [2.45, 2.75) is 24.8 Å². The molecule has 0 saturated heterocycles. The Hall–Kier alpha value is -1.80. The molecule has 0 aliphatic carbocycles. The van der Waals surface area contributed by atoms with E-state index >= 15 is 0 Å². The summed E-state index contributed by atoms with van der Waals surface area (Å²) in [6.45, 7) is 3.04. The number of hydrogen-bond acceptors (Lipinski definition) is 6. The van der Waals surface area contributed by atoms with Crippen molar-refractivity contribution in [2.24, 2.45) is 0 Å². The third-order valence-electron chi connectivity index (χ3n) is 3.77. The van der Waals surface area contributed by atoms with E-state index < -0.39 is 15.1 Å². The highest BCUT2D eigenvalue weighted by molar-refractivity contribution is 7.90. The van der Waals surface area contributed by atoms with E-state index in [0.29, 0.717) is 12.4 Å². The first-order chi connectivity index (χ1) is 9.98. The molecule has 112 valence electrons. The van der Waals surface area contributed by atoms with E-state index in [1.807, 2.05) is 16.7 Å². The van der Waals surface area contributed by atoms with E-state index in [0.717, 1.165) is 17.9 Å². The van der Waals surface area contributed by atoms with Crippen LogP contribution in [0, 0.1) is 0 Å². The number of sulfone groups is 1. The predicted molar refractivity (Wildman–Crippen MR) is 77.4 cm³/mol. The normalized spacial score (nSPS) is 20.0. The quantitative estimate of drug-likeness (QED) is 0.886. The lowest BCUT2D eigenvalue weighted by Gasteiger charge is -2.25. The molecule has 3 heterocycles. The molecule has 0 aromatic carbocycles. The summed E-state index contributed by atoms with van der Waals surface area (Å²) < 4.78 is 25.4. The summed E-state index contributed by atoms with van der Waals surface area (Å²) in [7, 11) is -3.20. The second-order valence-corrected chi connectivity index (χ2v) is 7.58. The molecule has 2 unspecified atom stereocenters. The van der Waals surface area contributed by atoms with Crippen LogP contribution in [0.3, 0.4) is 0 Å². The van der Waals surface area contributed by atoms with Crippen molar-refractivity contribution in [3.05, 3.63) is 41.7 Å². The third kappa shape index (κ3) is 2.56. The molecule has 3 rings (SSSR count). The van der Waals surface area contributed by atoms with E-state index in [2.05, 4.69) is 20.5 Å². The van der Waals surface area contributed by atoms with Crippen LogP contribution in [-0.2, 0) is 16.4 Å². The Morgan fingerprint density at radius 1 is 1.43 bits per heavy atom. The second-order valence-electron chi connectivity index (χ2n) is 5.21. The lowest BCUT2D eigenvalue weighted by Crippen LogP contribution is -2.35. The van der Waals surface area contributed by atoms with Crippen molar-refractivity contribution in [3.63, 3.8) is 0 Å². The summed E-state index contributed by atoms with van der Waals surface area (Å²) in [6, 6.07) is 3.72. The minimum absolute atomic E-state index is 0.111. The van der Waals surface area contributed by atoms with Crippen LogP contribution in [0.25, 0.3) is 0 Å². The van der Waals surface area contributed by atoms with Gasteiger partial charge in [0.1, 0.15) is 5.25 Å². The number of nitrogens with zero attached hydrogens (tertiary/aromatic N) is 4. The molecular weight excluding hydrogens is 290 g/mol. The lowest BCUT2D eigenvalue weighted by molar-refractivity contribution is 0.445. The first kappa shape index (κ1) is 14.2. The lowest BCUT2D eigenvalue weighted by atomic mass is 10.1. The monoisotopic (exact) mass is 307 g/mol. The van der Waals surface area contributed by atoms with Crippen molar-refractivity contribution in [3.8, 4) is 0 Å². The van der Waals surface area contributed by atoms with Crippen molar-refractivity contribution < 1.29 is 8.42 Å². The van der Waals surface area contributed by atoms with Gasteiger partial charge in [-0.05, 0) is 18.6 Å². The van der Waals surface area contributed by atoms with Gasteiger partial charge in [0, 0.05) is 31.7 Å². The van der Waals surface area contributed by atoms with Crippen LogP contribution in [-0.4, -0.2) is 41.0 Å². The molecule has 2 aromatic rings. The van der Waals surface area contributed by atoms with Crippen LogP contribution in [0.4, 0.5) is 0 Å². The van der Waals surface area contributed by atoms with Crippen LogP contribution >= 0.6 is 0 Å². The van der Waals surface area contributed by atoms with E-state index in [-0.39, 0.29) is 6.04 Å². The topological polar surface area (TPSA) is 89.8 Å². The molecule has 8 heteroatoms. The number of aromatic nitrogens is 4. The van der Waals surface area contributed by atoms with Gasteiger partial charge in [0.25, 0.3) is 0 Å². The number of fused-ring (bicyclic) bond motifs is 1. The minimum atomic E-state index is -3.20.